The van der Waals surface area contributed by atoms with Crippen molar-refractivity contribution in [2.75, 3.05) is 6.54 Å². The van der Waals surface area contributed by atoms with Crippen LogP contribution in [-0.4, -0.2) is 17.4 Å². The summed E-state index contributed by atoms with van der Waals surface area (Å²) >= 11 is 3.50. The lowest BCUT2D eigenvalue weighted by Gasteiger charge is -2.25. The monoisotopic (exact) mass is 394 g/mol. The molecular formula is C21H19BrN2O. The molecule has 0 bridgehead atoms. The van der Waals surface area contributed by atoms with Crippen LogP contribution in [0.3, 0.4) is 0 Å². The number of aromatic nitrogens is 1. The van der Waals surface area contributed by atoms with E-state index >= 15 is 0 Å². The Morgan fingerprint density at radius 3 is 2.72 bits per heavy atom. The van der Waals surface area contributed by atoms with Crippen LogP contribution >= 0.6 is 15.9 Å². The molecule has 25 heavy (non-hydrogen) atoms. The number of nitrogens with one attached hydrogen (secondary N) is 1. The fourth-order valence-electron chi connectivity index (χ4n) is 3.19. The fraction of sp³-hybridized carbons (Fsp3) is 0.238. The smallest absolute Gasteiger partial charge is 0.252 e. The number of carbonyl (C=O) groups is 1. The number of benzene rings is 2. The number of fused-ring (bicyclic) bond motifs is 1. The van der Waals surface area contributed by atoms with E-state index in [4.69, 9.17) is 4.98 Å². The Labute approximate surface area is 155 Å². The highest BCUT2D eigenvalue weighted by Crippen LogP contribution is 2.28. The molecule has 1 amide bonds. The number of hydrogen-bond acceptors (Lipinski definition) is 2. The first-order valence-electron chi connectivity index (χ1n) is 8.64. The molecule has 1 heterocycles. The van der Waals surface area contributed by atoms with E-state index in [1.165, 1.54) is 19.3 Å². The lowest BCUT2D eigenvalue weighted by molar-refractivity contribution is 0.0940. The number of hydrogen-bond donors (Lipinski definition) is 1. The second-order valence-corrected chi connectivity index (χ2v) is 7.51. The largest absolute Gasteiger partial charge is 0.352 e. The molecule has 3 aromatic rings. The van der Waals surface area contributed by atoms with Crippen LogP contribution in [0.15, 0.2) is 59.1 Å². The number of halogens is 1. The maximum absolute atomic E-state index is 12.8. The number of pyridine rings is 1. The zero-order valence-corrected chi connectivity index (χ0v) is 15.4. The van der Waals surface area contributed by atoms with Gasteiger partial charge in [0.2, 0.25) is 0 Å². The Balaban J connectivity index is 1.74. The lowest BCUT2D eigenvalue weighted by atomic mass is 9.85. The molecule has 126 valence electrons. The van der Waals surface area contributed by atoms with Crippen LogP contribution in [0.5, 0.6) is 0 Å². The van der Waals surface area contributed by atoms with Crippen molar-refractivity contribution in [3.8, 4) is 11.3 Å². The minimum Gasteiger partial charge on any atom is -0.352 e. The molecule has 0 aliphatic heterocycles. The fourth-order valence-corrected chi connectivity index (χ4v) is 3.59. The van der Waals surface area contributed by atoms with Gasteiger partial charge in [-0.2, -0.15) is 0 Å². The molecule has 1 N–H and O–H groups in total. The van der Waals surface area contributed by atoms with Gasteiger partial charge in [-0.1, -0.05) is 52.7 Å². The molecule has 1 aliphatic carbocycles. The highest BCUT2D eigenvalue weighted by molar-refractivity contribution is 9.10. The Kier molecular flexibility index (Phi) is 4.53. The molecule has 0 radical (unpaired) electrons. The van der Waals surface area contributed by atoms with E-state index in [1.54, 1.807) is 0 Å². The van der Waals surface area contributed by atoms with E-state index in [0.29, 0.717) is 11.5 Å². The molecular weight excluding hydrogens is 376 g/mol. The van der Waals surface area contributed by atoms with Gasteiger partial charge in [-0.25, -0.2) is 4.98 Å². The van der Waals surface area contributed by atoms with E-state index in [1.807, 2.05) is 54.6 Å². The highest BCUT2D eigenvalue weighted by Gasteiger charge is 2.19. The maximum atomic E-state index is 12.8. The Bertz CT molecular complexity index is 934. The first-order chi connectivity index (χ1) is 12.2. The van der Waals surface area contributed by atoms with Crippen LogP contribution in [0.4, 0.5) is 0 Å². The first kappa shape index (κ1) is 16.3. The number of nitrogens with zero attached hydrogens (tertiary/aromatic N) is 1. The summed E-state index contributed by atoms with van der Waals surface area (Å²) in [5, 5.41) is 4.00. The van der Waals surface area contributed by atoms with Crippen LogP contribution in [0.25, 0.3) is 22.2 Å². The molecule has 1 saturated carbocycles. The predicted molar refractivity (Wildman–Crippen MR) is 105 cm³/mol. The van der Waals surface area contributed by atoms with Gasteiger partial charge in [0, 0.05) is 22.0 Å². The summed E-state index contributed by atoms with van der Waals surface area (Å²) in [5.41, 5.74) is 3.34. The van der Waals surface area contributed by atoms with Crippen molar-refractivity contribution in [1.29, 1.82) is 0 Å². The molecule has 1 fully saturated rings. The first-order valence-corrected chi connectivity index (χ1v) is 9.44. The van der Waals surface area contributed by atoms with Gasteiger partial charge in [0.05, 0.1) is 16.8 Å². The molecule has 4 rings (SSSR count). The van der Waals surface area contributed by atoms with Gasteiger partial charge in [-0.3, -0.25) is 4.79 Å². The quantitative estimate of drug-likeness (QED) is 0.660. The molecule has 0 spiro atoms. The van der Waals surface area contributed by atoms with Crippen molar-refractivity contribution >= 4 is 32.7 Å². The molecule has 1 aromatic heterocycles. The van der Waals surface area contributed by atoms with E-state index in [-0.39, 0.29) is 5.91 Å². The predicted octanol–water partition coefficient (Wildman–Crippen LogP) is 5.19. The topological polar surface area (TPSA) is 42.0 Å². The van der Waals surface area contributed by atoms with Gasteiger partial charge < -0.3 is 5.32 Å². The van der Waals surface area contributed by atoms with Crippen LogP contribution in [0.1, 0.15) is 29.6 Å². The van der Waals surface area contributed by atoms with Crippen molar-refractivity contribution in [1.82, 2.24) is 10.3 Å². The Hall–Kier alpha value is -2.20. The zero-order chi connectivity index (χ0) is 17.2. The molecule has 0 unspecified atom stereocenters. The molecule has 2 aromatic carbocycles. The van der Waals surface area contributed by atoms with Gasteiger partial charge in [0.25, 0.3) is 5.91 Å². The Morgan fingerprint density at radius 1 is 1.12 bits per heavy atom. The number of carbonyl (C=O) groups excluding carboxylic acids is 1. The minimum atomic E-state index is -0.0123. The van der Waals surface area contributed by atoms with E-state index in [9.17, 15) is 4.79 Å². The molecule has 0 atom stereocenters. The van der Waals surface area contributed by atoms with Crippen LogP contribution in [0, 0.1) is 5.92 Å². The van der Waals surface area contributed by atoms with E-state index < -0.39 is 0 Å². The SMILES string of the molecule is O=C(NCC1CCC1)c1cc(-c2cccc(Br)c2)nc2ccccc12. The number of rotatable bonds is 4. The zero-order valence-electron chi connectivity index (χ0n) is 13.8. The van der Waals surface area contributed by atoms with Crippen LogP contribution in [0.2, 0.25) is 0 Å². The average molecular weight is 395 g/mol. The number of amides is 1. The van der Waals surface area contributed by atoms with Crippen molar-refractivity contribution in [2.24, 2.45) is 5.92 Å². The standard InChI is InChI=1S/C21H19BrN2O/c22-16-8-4-7-15(11-16)20-12-18(17-9-1-2-10-19(17)24-20)21(25)23-13-14-5-3-6-14/h1-2,4,7-12,14H,3,5-6,13H2,(H,23,25). The minimum absolute atomic E-state index is 0.0123. The van der Waals surface area contributed by atoms with Crippen LogP contribution in [-0.2, 0) is 0 Å². The highest BCUT2D eigenvalue weighted by atomic mass is 79.9. The normalized spacial score (nSPS) is 14.3. The average Bonchev–Trinajstić information content (AvgIpc) is 2.59. The third-order valence-electron chi connectivity index (χ3n) is 4.86. The summed E-state index contributed by atoms with van der Waals surface area (Å²) in [6.07, 6.45) is 3.73. The van der Waals surface area contributed by atoms with Gasteiger partial charge in [0.15, 0.2) is 0 Å². The second kappa shape index (κ2) is 6.96. The third-order valence-corrected chi connectivity index (χ3v) is 5.35. The van der Waals surface area contributed by atoms with Crippen molar-refractivity contribution in [3.63, 3.8) is 0 Å². The Morgan fingerprint density at radius 2 is 1.96 bits per heavy atom. The molecule has 1 aliphatic rings. The van der Waals surface area contributed by atoms with Crippen molar-refractivity contribution in [2.45, 2.75) is 19.3 Å². The van der Waals surface area contributed by atoms with Gasteiger partial charge >= 0.3 is 0 Å². The van der Waals surface area contributed by atoms with E-state index in [0.717, 1.165) is 33.2 Å². The number of para-hydroxylation sites is 1. The van der Waals surface area contributed by atoms with Gasteiger partial charge in [-0.15, -0.1) is 0 Å². The van der Waals surface area contributed by atoms with Gasteiger partial charge in [0.1, 0.15) is 0 Å². The molecule has 0 saturated heterocycles. The summed E-state index contributed by atoms with van der Waals surface area (Å²) in [7, 11) is 0. The van der Waals surface area contributed by atoms with Crippen LogP contribution < -0.4 is 5.32 Å². The second-order valence-electron chi connectivity index (χ2n) is 6.59. The lowest BCUT2D eigenvalue weighted by Crippen LogP contribution is -2.32. The molecule has 4 heteroatoms. The summed E-state index contributed by atoms with van der Waals surface area (Å²) in [5.74, 6) is 0.628. The van der Waals surface area contributed by atoms with E-state index in [2.05, 4.69) is 21.2 Å². The summed E-state index contributed by atoms with van der Waals surface area (Å²) in [4.78, 5) is 17.6. The maximum Gasteiger partial charge on any atom is 0.252 e. The molecule has 3 nitrogen and oxygen atoms in total. The third kappa shape index (κ3) is 3.45. The summed E-state index contributed by atoms with van der Waals surface area (Å²) in [6.45, 7) is 0.766. The summed E-state index contributed by atoms with van der Waals surface area (Å²) in [6, 6.07) is 17.7. The van der Waals surface area contributed by atoms with Crippen molar-refractivity contribution < 1.29 is 4.79 Å². The summed E-state index contributed by atoms with van der Waals surface area (Å²) < 4.78 is 0.996. The van der Waals surface area contributed by atoms with Gasteiger partial charge in [-0.05, 0) is 43.0 Å². The van der Waals surface area contributed by atoms with Crippen molar-refractivity contribution in [3.05, 3.63) is 64.6 Å².